The van der Waals surface area contributed by atoms with Gasteiger partial charge in [0.2, 0.25) is 11.3 Å². The fourth-order valence-electron chi connectivity index (χ4n) is 2.59. The molecule has 7 heteroatoms. The number of carbonyl (C=O) groups is 1. The molecule has 0 bridgehead atoms. The zero-order valence-electron chi connectivity index (χ0n) is 14.6. The highest BCUT2D eigenvalue weighted by molar-refractivity contribution is 5.93. The third-order valence-corrected chi connectivity index (χ3v) is 3.93. The summed E-state index contributed by atoms with van der Waals surface area (Å²) in [5, 5.41) is 0.358. The molecule has 0 saturated heterocycles. The van der Waals surface area contributed by atoms with E-state index in [0.717, 1.165) is 17.1 Å². The Labute approximate surface area is 144 Å². The maximum absolute atomic E-state index is 12.6. The molecule has 0 amide bonds. The van der Waals surface area contributed by atoms with Crippen LogP contribution in [0, 0.1) is 20.8 Å². The van der Waals surface area contributed by atoms with Gasteiger partial charge >= 0.3 is 5.97 Å². The van der Waals surface area contributed by atoms with Gasteiger partial charge in [-0.05, 0) is 39.8 Å². The Hall–Kier alpha value is -2.96. The van der Waals surface area contributed by atoms with Gasteiger partial charge in [-0.25, -0.2) is 14.8 Å². The highest BCUT2D eigenvalue weighted by atomic mass is 16.5. The molecule has 0 spiro atoms. The zero-order chi connectivity index (χ0) is 18.1. The van der Waals surface area contributed by atoms with Crippen molar-refractivity contribution >= 4 is 17.0 Å². The van der Waals surface area contributed by atoms with Crippen LogP contribution in [0.25, 0.3) is 11.0 Å². The normalized spacial score (nSPS) is 11.0. The molecule has 3 heterocycles. The van der Waals surface area contributed by atoms with Gasteiger partial charge in [0.15, 0.2) is 0 Å². The summed E-state index contributed by atoms with van der Waals surface area (Å²) in [6, 6.07) is 3.41. The molecule has 0 radical (unpaired) electrons. The van der Waals surface area contributed by atoms with Crippen LogP contribution in [-0.4, -0.2) is 27.1 Å². The number of aromatic nitrogens is 3. The Morgan fingerprint density at radius 2 is 2.00 bits per heavy atom. The maximum Gasteiger partial charge on any atom is 0.343 e. The molecule has 0 N–H and O–H groups in total. The lowest BCUT2D eigenvalue weighted by Crippen LogP contribution is -2.22. The summed E-state index contributed by atoms with van der Waals surface area (Å²) in [5.74, 6) is 0.566. The van der Waals surface area contributed by atoms with E-state index >= 15 is 0 Å². The third kappa shape index (κ3) is 3.17. The van der Waals surface area contributed by atoms with Crippen molar-refractivity contribution in [3.05, 3.63) is 57.2 Å². The first-order valence-electron chi connectivity index (χ1n) is 8.01. The topological polar surface area (TPSA) is 87.2 Å². The van der Waals surface area contributed by atoms with Crippen molar-refractivity contribution < 1.29 is 13.9 Å². The first kappa shape index (κ1) is 16.9. The number of fused-ring (bicyclic) bond motifs is 1. The molecule has 130 valence electrons. The Bertz CT molecular complexity index is 998. The third-order valence-electron chi connectivity index (χ3n) is 3.93. The van der Waals surface area contributed by atoms with Crippen LogP contribution >= 0.6 is 0 Å². The average Bonchev–Trinajstić information content (AvgIpc) is 2.88. The Morgan fingerprint density at radius 1 is 1.24 bits per heavy atom. The summed E-state index contributed by atoms with van der Waals surface area (Å²) in [7, 11) is 0. The van der Waals surface area contributed by atoms with Gasteiger partial charge in [0.05, 0.1) is 17.7 Å². The number of oxazole rings is 1. The Balaban J connectivity index is 2.20. The van der Waals surface area contributed by atoms with E-state index in [1.807, 2.05) is 20.8 Å². The van der Waals surface area contributed by atoms with Gasteiger partial charge in [-0.3, -0.25) is 4.79 Å². The molecule has 0 saturated carbocycles. The molecule has 3 aromatic rings. The predicted molar refractivity (Wildman–Crippen MR) is 91.8 cm³/mol. The molecule has 3 aromatic heterocycles. The molecule has 0 fully saturated rings. The summed E-state index contributed by atoms with van der Waals surface area (Å²) >= 11 is 0. The van der Waals surface area contributed by atoms with Gasteiger partial charge in [-0.15, -0.1) is 0 Å². The minimum atomic E-state index is -0.650. The van der Waals surface area contributed by atoms with Gasteiger partial charge in [-0.2, -0.15) is 0 Å². The van der Waals surface area contributed by atoms with Crippen molar-refractivity contribution in [3.63, 3.8) is 0 Å². The van der Waals surface area contributed by atoms with Crippen LogP contribution < -0.4 is 5.43 Å². The number of aryl methyl sites for hydroxylation is 3. The number of nitrogens with zero attached hydrogens (tertiary/aromatic N) is 3. The van der Waals surface area contributed by atoms with Crippen molar-refractivity contribution in [1.82, 2.24) is 14.5 Å². The fourth-order valence-corrected chi connectivity index (χ4v) is 2.59. The monoisotopic (exact) mass is 341 g/mol. The SMILES string of the molecule is CCOC(=O)c1cn(Cc2nc(C)c(C)o2)c2nc(C)ccc2c1=O. The fraction of sp³-hybridized carbons (Fsp3) is 0.333. The number of esters is 1. The van der Waals surface area contributed by atoms with E-state index in [-0.39, 0.29) is 18.7 Å². The molecular weight excluding hydrogens is 322 g/mol. The average molecular weight is 341 g/mol. The number of carbonyl (C=O) groups excluding carboxylic acids is 1. The van der Waals surface area contributed by atoms with E-state index in [9.17, 15) is 9.59 Å². The first-order valence-corrected chi connectivity index (χ1v) is 8.01. The molecule has 25 heavy (non-hydrogen) atoms. The number of pyridine rings is 2. The van der Waals surface area contributed by atoms with Crippen LogP contribution in [0.1, 0.15) is 40.3 Å². The van der Waals surface area contributed by atoms with E-state index in [1.54, 1.807) is 23.6 Å². The molecule has 0 aliphatic carbocycles. The maximum atomic E-state index is 12.6. The van der Waals surface area contributed by atoms with E-state index in [0.29, 0.717) is 16.9 Å². The number of hydrogen-bond acceptors (Lipinski definition) is 6. The van der Waals surface area contributed by atoms with Gasteiger partial charge in [-0.1, -0.05) is 0 Å². The van der Waals surface area contributed by atoms with Crippen LogP contribution in [0.5, 0.6) is 0 Å². The molecule has 7 nitrogen and oxygen atoms in total. The van der Waals surface area contributed by atoms with Crippen LogP contribution in [0.15, 0.2) is 27.5 Å². The van der Waals surface area contributed by atoms with Crippen molar-refractivity contribution in [3.8, 4) is 0 Å². The molecular formula is C18H19N3O4. The largest absolute Gasteiger partial charge is 0.462 e. The highest BCUT2D eigenvalue weighted by Crippen LogP contribution is 2.15. The van der Waals surface area contributed by atoms with Crippen LogP contribution in [0.2, 0.25) is 0 Å². The highest BCUT2D eigenvalue weighted by Gasteiger charge is 2.18. The molecule has 0 atom stereocenters. The number of ether oxygens (including phenoxy) is 1. The summed E-state index contributed by atoms with van der Waals surface area (Å²) in [5.41, 5.74) is 1.63. The van der Waals surface area contributed by atoms with E-state index < -0.39 is 11.4 Å². The minimum absolute atomic E-state index is 0.0278. The number of hydrogen-bond donors (Lipinski definition) is 0. The van der Waals surface area contributed by atoms with Crippen molar-refractivity contribution in [2.75, 3.05) is 6.61 Å². The summed E-state index contributed by atoms with van der Waals surface area (Å²) in [6.45, 7) is 7.68. The molecule has 0 aromatic carbocycles. The predicted octanol–water partition coefficient (Wildman–Crippen LogP) is 2.53. The summed E-state index contributed by atoms with van der Waals surface area (Å²) in [4.78, 5) is 33.6. The van der Waals surface area contributed by atoms with Gasteiger partial charge < -0.3 is 13.7 Å². The van der Waals surface area contributed by atoms with Gasteiger partial charge in [0, 0.05) is 11.9 Å². The molecule has 0 aliphatic rings. The van der Waals surface area contributed by atoms with E-state index in [4.69, 9.17) is 9.15 Å². The Morgan fingerprint density at radius 3 is 2.64 bits per heavy atom. The summed E-state index contributed by atoms with van der Waals surface area (Å²) in [6.07, 6.45) is 1.46. The number of rotatable bonds is 4. The van der Waals surface area contributed by atoms with Gasteiger partial charge in [0.25, 0.3) is 0 Å². The standard InChI is InChI=1S/C18H19N3O4/c1-5-24-18(23)14-8-21(9-15-20-11(3)12(4)25-15)17-13(16(14)22)7-6-10(2)19-17/h6-8H,5,9H2,1-4H3. The van der Waals surface area contributed by atoms with E-state index in [1.165, 1.54) is 6.20 Å². The van der Waals surface area contributed by atoms with E-state index in [2.05, 4.69) is 9.97 Å². The molecule has 3 rings (SSSR count). The van der Waals surface area contributed by atoms with Crippen LogP contribution in [-0.2, 0) is 11.3 Å². The first-order chi connectivity index (χ1) is 11.9. The van der Waals surface area contributed by atoms with Crippen LogP contribution in [0.4, 0.5) is 0 Å². The van der Waals surface area contributed by atoms with Crippen LogP contribution in [0.3, 0.4) is 0 Å². The second-order valence-corrected chi connectivity index (χ2v) is 5.79. The second-order valence-electron chi connectivity index (χ2n) is 5.79. The molecule has 0 aliphatic heterocycles. The molecule has 0 unspecified atom stereocenters. The summed E-state index contributed by atoms with van der Waals surface area (Å²) < 4.78 is 12.3. The lowest BCUT2D eigenvalue weighted by molar-refractivity contribution is 0.0524. The van der Waals surface area contributed by atoms with Crippen molar-refractivity contribution in [1.29, 1.82) is 0 Å². The lowest BCUT2D eigenvalue weighted by Gasteiger charge is -2.11. The lowest BCUT2D eigenvalue weighted by atomic mass is 10.2. The zero-order valence-corrected chi connectivity index (χ0v) is 14.6. The smallest absolute Gasteiger partial charge is 0.343 e. The second kappa shape index (κ2) is 6.51. The minimum Gasteiger partial charge on any atom is -0.462 e. The quantitative estimate of drug-likeness (QED) is 0.678. The van der Waals surface area contributed by atoms with Gasteiger partial charge in [0.1, 0.15) is 23.5 Å². The van der Waals surface area contributed by atoms with Crippen molar-refractivity contribution in [2.45, 2.75) is 34.2 Å². The van der Waals surface area contributed by atoms with Crippen molar-refractivity contribution in [2.24, 2.45) is 0 Å². The Kier molecular flexibility index (Phi) is 4.39.